The molecule has 1 aromatic rings. The fraction of sp³-hybridized carbons (Fsp3) is 0.562. The number of benzene rings is 1. The van der Waals surface area contributed by atoms with E-state index in [1.807, 2.05) is 0 Å². The molecule has 0 bridgehead atoms. The van der Waals surface area contributed by atoms with E-state index >= 15 is 0 Å². The van der Waals surface area contributed by atoms with Crippen LogP contribution in [0.2, 0.25) is 0 Å². The summed E-state index contributed by atoms with van der Waals surface area (Å²) in [5.74, 6) is -1.37. The summed E-state index contributed by atoms with van der Waals surface area (Å²) in [5, 5.41) is 2.21. The van der Waals surface area contributed by atoms with Gasteiger partial charge >= 0.3 is 0 Å². The third-order valence-electron chi connectivity index (χ3n) is 3.96. The van der Waals surface area contributed by atoms with Crippen molar-refractivity contribution in [2.24, 2.45) is 5.92 Å². The molecule has 1 heterocycles. The first-order chi connectivity index (χ1) is 10.9. The van der Waals surface area contributed by atoms with Crippen molar-refractivity contribution in [1.82, 2.24) is 10.2 Å². The van der Waals surface area contributed by atoms with Crippen LogP contribution in [0, 0.1) is 17.6 Å². The Hall–Kier alpha value is -1.63. The second-order valence-electron chi connectivity index (χ2n) is 5.90. The number of hydrogen-bond donors (Lipinski definition) is 1. The van der Waals surface area contributed by atoms with E-state index < -0.39 is 24.6 Å². The molecule has 1 saturated heterocycles. The van der Waals surface area contributed by atoms with Crippen LogP contribution in [0.15, 0.2) is 18.2 Å². The Morgan fingerprint density at radius 3 is 2.35 bits per heavy atom. The van der Waals surface area contributed by atoms with Crippen LogP contribution >= 0.6 is 0 Å². The SMILES string of the molecule is O=C(CC1CCN(Cc2cc(F)cc(F)c2)CC1)NCC(F)F. The molecule has 7 heteroatoms. The Bertz CT molecular complexity index is 511. The number of alkyl halides is 2. The Morgan fingerprint density at radius 2 is 1.78 bits per heavy atom. The molecule has 1 N–H and O–H groups in total. The standard InChI is InChI=1S/C16H20F4N2O/c17-13-5-12(6-14(18)8-13)10-22-3-1-11(2-4-22)7-16(23)21-9-15(19)20/h5-6,8,11,15H,1-4,7,9-10H2,(H,21,23). The molecule has 0 saturated carbocycles. The molecule has 23 heavy (non-hydrogen) atoms. The minimum absolute atomic E-state index is 0.160. The Morgan fingerprint density at radius 1 is 1.17 bits per heavy atom. The van der Waals surface area contributed by atoms with Crippen molar-refractivity contribution < 1.29 is 22.4 Å². The van der Waals surface area contributed by atoms with Gasteiger partial charge in [0, 0.05) is 19.0 Å². The van der Waals surface area contributed by atoms with Crippen molar-refractivity contribution in [1.29, 1.82) is 0 Å². The van der Waals surface area contributed by atoms with Crippen molar-refractivity contribution >= 4 is 5.91 Å². The Labute approximate surface area is 132 Å². The summed E-state index contributed by atoms with van der Waals surface area (Å²) in [7, 11) is 0. The number of likely N-dealkylation sites (tertiary alicyclic amines) is 1. The van der Waals surface area contributed by atoms with E-state index in [4.69, 9.17) is 0 Å². The summed E-state index contributed by atoms with van der Waals surface area (Å²) >= 11 is 0. The normalized spacial score (nSPS) is 16.7. The first kappa shape index (κ1) is 17.7. The first-order valence-electron chi connectivity index (χ1n) is 7.64. The second-order valence-corrected chi connectivity index (χ2v) is 5.90. The van der Waals surface area contributed by atoms with Gasteiger partial charge in [-0.3, -0.25) is 9.69 Å². The van der Waals surface area contributed by atoms with Gasteiger partial charge in [-0.05, 0) is 49.5 Å². The van der Waals surface area contributed by atoms with Gasteiger partial charge < -0.3 is 5.32 Å². The lowest BCUT2D eigenvalue weighted by Crippen LogP contribution is -2.36. The van der Waals surface area contributed by atoms with Crippen molar-refractivity contribution in [3.05, 3.63) is 35.4 Å². The molecule has 2 rings (SSSR count). The van der Waals surface area contributed by atoms with Crippen molar-refractivity contribution in [2.75, 3.05) is 19.6 Å². The number of nitrogens with zero attached hydrogens (tertiary/aromatic N) is 1. The van der Waals surface area contributed by atoms with Gasteiger partial charge in [-0.2, -0.15) is 0 Å². The van der Waals surface area contributed by atoms with Crippen molar-refractivity contribution in [2.45, 2.75) is 32.2 Å². The molecule has 0 unspecified atom stereocenters. The zero-order valence-corrected chi connectivity index (χ0v) is 12.7. The zero-order valence-electron chi connectivity index (χ0n) is 12.7. The van der Waals surface area contributed by atoms with Crippen LogP contribution in [-0.2, 0) is 11.3 Å². The van der Waals surface area contributed by atoms with Gasteiger partial charge in [-0.1, -0.05) is 0 Å². The molecule has 3 nitrogen and oxygen atoms in total. The van der Waals surface area contributed by atoms with Crippen LogP contribution < -0.4 is 5.32 Å². The maximum atomic E-state index is 13.2. The highest BCUT2D eigenvalue weighted by molar-refractivity contribution is 5.76. The second kappa shape index (κ2) is 8.29. The minimum atomic E-state index is -2.53. The molecule has 0 spiro atoms. The van der Waals surface area contributed by atoms with E-state index in [0.717, 1.165) is 18.9 Å². The van der Waals surface area contributed by atoms with E-state index in [2.05, 4.69) is 10.2 Å². The largest absolute Gasteiger partial charge is 0.350 e. The van der Waals surface area contributed by atoms with Crippen LogP contribution in [0.5, 0.6) is 0 Å². The molecule has 0 aromatic heterocycles. The van der Waals surface area contributed by atoms with Crippen LogP contribution in [0.4, 0.5) is 17.6 Å². The third kappa shape index (κ3) is 6.17. The summed E-state index contributed by atoms with van der Waals surface area (Å²) in [6.45, 7) is 1.28. The highest BCUT2D eigenvalue weighted by atomic mass is 19.3. The van der Waals surface area contributed by atoms with E-state index in [9.17, 15) is 22.4 Å². The predicted octanol–water partition coefficient (Wildman–Crippen LogP) is 2.95. The fourth-order valence-electron chi connectivity index (χ4n) is 2.83. The number of piperidine rings is 1. The van der Waals surface area contributed by atoms with E-state index in [1.165, 1.54) is 12.1 Å². The maximum Gasteiger partial charge on any atom is 0.255 e. The van der Waals surface area contributed by atoms with Gasteiger partial charge in [-0.25, -0.2) is 17.6 Å². The molecule has 0 atom stereocenters. The summed E-state index contributed by atoms with van der Waals surface area (Å²) in [6, 6.07) is 3.47. The van der Waals surface area contributed by atoms with Gasteiger partial charge in [0.25, 0.3) is 6.43 Å². The number of carbonyl (C=O) groups is 1. The molecule has 1 aliphatic rings. The highest BCUT2D eigenvalue weighted by Crippen LogP contribution is 2.22. The molecule has 1 amide bonds. The topological polar surface area (TPSA) is 32.3 Å². The van der Waals surface area contributed by atoms with Crippen LogP contribution in [0.3, 0.4) is 0 Å². The van der Waals surface area contributed by atoms with E-state index in [-0.39, 0.29) is 18.2 Å². The molecular formula is C16H20F4N2O. The van der Waals surface area contributed by atoms with Crippen LogP contribution in [-0.4, -0.2) is 36.9 Å². The molecule has 0 radical (unpaired) electrons. The predicted molar refractivity (Wildman–Crippen MR) is 78.0 cm³/mol. The Balaban J connectivity index is 1.74. The van der Waals surface area contributed by atoms with Crippen molar-refractivity contribution in [3.8, 4) is 0 Å². The summed E-state index contributed by atoms with van der Waals surface area (Å²) < 4.78 is 50.3. The lowest BCUT2D eigenvalue weighted by Gasteiger charge is -2.31. The van der Waals surface area contributed by atoms with Gasteiger partial charge in [0.15, 0.2) is 0 Å². The molecular weight excluding hydrogens is 312 g/mol. The van der Waals surface area contributed by atoms with Gasteiger partial charge in [-0.15, -0.1) is 0 Å². The molecule has 1 fully saturated rings. The Kier molecular flexibility index (Phi) is 6.38. The van der Waals surface area contributed by atoms with Crippen molar-refractivity contribution in [3.63, 3.8) is 0 Å². The number of carbonyl (C=O) groups excluding carboxylic acids is 1. The van der Waals surface area contributed by atoms with E-state index in [0.29, 0.717) is 25.2 Å². The third-order valence-corrected chi connectivity index (χ3v) is 3.96. The number of amides is 1. The summed E-state index contributed by atoms with van der Waals surface area (Å²) in [5.41, 5.74) is 0.579. The number of rotatable bonds is 6. The monoisotopic (exact) mass is 332 g/mol. The number of hydrogen-bond acceptors (Lipinski definition) is 2. The van der Waals surface area contributed by atoms with Crippen LogP contribution in [0.25, 0.3) is 0 Å². The van der Waals surface area contributed by atoms with E-state index in [1.54, 1.807) is 0 Å². The quantitative estimate of drug-likeness (QED) is 0.813. The molecule has 1 aromatic carbocycles. The lowest BCUT2D eigenvalue weighted by molar-refractivity contribution is -0.123. The average Bonchev–Trinajstić information content (AvgIpc) is 2.46. The summed E-state index contributed by atoms with van der Waals surface area (Å²) in [4.78, 5) is 13.6. The lowest BCUT2D eigenvalue weighted by atomic mass is 9.93. The zero-order chi connectivity index (χ0) is 16.8. The van der Waals surface area contributed by atoms with Gasteiger partial charge in [0.2, 0.25) is 5.91 Å². The number of halogens is 4. The highest BCUT2D eigenvalue weighted by Gasteiger charge is 2.22. The molecule has 1 aliphatic heterocycles. The van der Waals surface area contributed by atoms with Gasteiger partial charge in [0.1, 0.15) is 11.6 Å². The minimum Gasteiger partial charge on any atom is -0.350 e. The average molecular weight is 332 g/mol. The van der Waals surface area contributed by atoms with Crippen LogP contribution in [0.1, 0.15) is 24.8 Å². The smallest absolute Gasteiger partial charge is 0.255 e. The number of nitrogens with one attached hydrogen (secondary N) is 1. The maximum absolute atomic E-state index is 13.2. The fourth-order valence-corrected chi connectivity index (χ4v) is 2.83. The molecule has 128 valence electrons. The molecule has 0 aliphatic carbocycles. The first-order valence-corrected chi connectivity index (χ1v) is 7.64. The van der Waals surface area contributed by atoms with Gasteiger partial charge in [0.05, 0.1) is 6.54 Å². The summed E-state index contributed by atoms with van der Waals surface area (Å²) in [6.07, 6.45) is -0.762.